The number of carbonyl (C=O) groups excluding carboxylic acids is 1. The predicted octanol–water partition coefficient (Wildman–Crippen LogP) is 3.40. The van der Waals surface area contributed by atoms with Gasteiger partial charge in [0, 0.05) is 60.0 Å². The number of nitrogens with zero attached hydrogens (tertiary/aromatic N) is 3. The minimum atomic E-state index is -0.0684. The Hall–Kier alpha value is -3.34. The van der Waals surface area contributed by atoms with E-state index in [-0.39, 0.29) is 5.91 Å². The first-order valence-corrected chi connectivity index (χ1v) is 9.60. The average molecular weight is 370 g/mol. The van der Waals surface area contributed by atoms with E-state index in [1.54, 1.807) is 6.08 Å². The lowest BCUT2D eigenvalue weighted by Gasteiger charge is -2.27. The molecule has 5 rings (SSSR count). The fourth-order valence-corrected chi connectivity index (χ4v) is 4.14. The Bertz CT molecular complexity index is 1080. The van der Waals surface area contributed by atoms with Crippen LogP contribution < -0.4 is 5.32 Å². The fraction of sp³-hybridized carbons (Fsp3) is 0.217. The van der Waals surface area contributed by atoms with Gasteiger partial charge in [-0.2, -0.15) is 0 Å². The van der Waals surface area contributed by atoms with E-state index in [0.29, 0.717) is 0 Å². The van der Waals surface area contributed by atoms with Crippen LogP contribution in [0.4, 0.5) is 0 Å². The van der Waals surface area contributed by atoms with Crippen LogP contribution in [-0.4, -0.2) is 27.8 Å². The second kappa shape index (κ2) is 6.37. The van der Waals surface area contributed by atoms with Crippen LogP contribution in [0.15, 0.2) is 76.7 Å². The molecule has 0 saturated carbocycles. The van der Waals surface area contributed by atoms with Crippen LogP contribution in [0.5, 0.6) is 0 Å². The first-order chi connectivity index (χ1) is 13.6. The Morgan fingerprint density at radius 3 is 2.54 bits per heavy atom. The van der Waals surface area contributed by atoms with Crippen LogP contribution in [0, 0.1) is 13.8 Å². The molecule has 0 bridgehead atoms. The minimum Gasteiger partial charge on any atom is -0.345 e. The van der Waals surface area contributed by atoms with Gasteiger partial charge in [-0.05, 0) is 37.6 Å². The van der Waals surface area contributed by atoms with E-state index in [0.717, 1.165) is 47.9 Å². The van der Waals surface area contributed by atoms with E-state index in [9.17, 15) is 4.79 Å². The molecule has 0 saturated heterocycles. The third kappa shape index (κ3) is 2.71. The Labute approximate surface area is 164 Å². The predicted molar refractivity (Wildman–Crippen MR) is 110 cm³/mol. The van der Waals surface area contributed by atoms with Crippen molar-refractivity contribution in [3.8, 4) is 0 Å². The summed E-state index contributed by atoms with van der Waals surface area (Å²) in [7, 11) is 0. The van der Waals surface area contributed by atoms with Crippen molar-refractivity contribution >= 4 is 11.7 Å². The number of carbonyl (C=O) groups is 1. The van der Waals surface area contributed by atoms with Crippen molar-refractivity contribution < 1.29 is 4.79 Å². The summed E-state index contributed by atoms with van der Waals surface area (Å²) in [6, 6.07) is 13.0. The van der Waals surface area contributed by atoms with Gasteiger partial charge in [-0.15, -0.1) is 0 Å². The summed E-state index contributed by atoms with van der Waals surface area (Å²) in [5, 5.41) is 3.00. The molecule has 1 aromatic carbocycles. The molecule has 140 valence electrons. The van der Waals surface area contributed by atoms with Gasteiger partial charge < -0.3 is 14.8 Å². The van der Waals surface area contributed by atoms with Crippen molar-refractivity contribution in [3.05, 3.63) is 94.2 Å². The van der Waals surface area contributed by atoms with Crippen molar-refractivity contribution in [2.45, 2.75) is 26.8 Å². The van der Waals surface area contributed by atoms with Crippen LogP contribution in [0.25, 0.3) is 0 Å². The van der Waals surface area contributed by atoms with Crippen molar-refractivity contribution in [1.29, 1.82) is 0 Å². The summed E-state index contributed by atoms with van der Waals surface area (Å²) in [4.78, 5) is 18.8. The van der Waals surface area contributed by atoms with Crippen molar-refractivity contribution in [2.75, 3.05) is 6.54 Å². The number of hydrogen-bond donors (Lipinski definition) is 1. The molecule has 3 aliphatic heterocycles. The quantitative estimate of drug-likeness (QED) is 0.900. The molecule has 0 unspecified atom stereocenters. The normalized spacial score (nSPS) is 17.9. The highest BCUT2D eigenvalue weighted by atomic mass is 16.1. The van der Waals surface area contributed by atoms with E-state index in [4.69, 9.17) is 4.99 Å². The second-order valence-corrected chi connectivity index (χ2v) is 7.49. The maximum atomic E-state index is 11.9. The molecule has 1 N–H and O–H groups in total. The Balaban J connectivity index is 1.45. The topological polar surface area (TPSA) is 49.6 Å². The number of aryl methyl sites for hydroxylation is 2. The summed E-state index contributed by atoms with van der Waals surface area (Å²) in [6.45, 7) is 5.98. The molecular weight excluding hydrogens is 348 g/mol. The molecule has 1 amide bonds. The molecule has 0 radical (unpaired) electrons. The zero-order chi connectivity index (χ0) is 19.3. The molecule has 1 aromatic heterocycles. The maximum absolute atomic E-state index is 11.9. The summed E-state index contributed by atoms with van der Waals surface area (Å²) in [6.07, 6.45) is 6.11. The lowest BCUT2D eigenvalue weighted by atomic mass is 10.1. The number of benzene rings is 1. The highest BCUT2D eigenvalue weighted by Crippen LogP contribution is 2.34. The molecule has 2 aromatic rings. The lowest BCUT2D eigenvalue weighted by molar-refractivity contribution is -0.115. The molecule has 4 heterocycles. The van der Waals surface area contributed by atoms with Gasteiger partial charge in [0.25, 0.3) is 0 Å². The smallest absolute Gasteiger partial charge is 0.248 e. The molecule has 5 nitrogen and oxygen atoms in total. The molecule has 28 heavy (non-hydrogen) atoms. The van der Waals surface area contributed by atoms with Crippen molar-refractivity contribution in [3.63, 3.8) is 0 Å². The number of hydrogen-bond acceptors (Lipinski definition) is 3. The Morgan fingerprint density at radius 1 is 1.04 bits per heavy atom. The van der Waals surface area contributed by atoms with Gasteiger partial charge in [0.2, 0.25) is 5.91 Å². The zero-order valence-corrected chi connectivity index (χ0v) is 16.1. The minimum absolute atomic E-state index is 0.0684. The molecular formula is C23H22N4O. The van der Waals surface area contributed by atoms with Crippen LogP contribution in [0.1, 0.15) is 28.9 Å². The van der Waals surface area contributed by atoms with Gasteiger partial charge in [-0.25, -0.2) is 4.99 Å². The number of nitrogens with one attached hydrogen (secondary N) is 1. The Kier molecular flexibility index (Phi) is 3.83. The second-order valence-electron chi connectivity index (χ2n) is 7.49. The largest absolute Gasteiger partial charge is 0.345 e. The summed E-state index contributed by atoms with van der Waals surface area (Å²) < 4.78 is 2.32. The van der Waals surface area contributed by atoms with E-state index in [1.807, 2.05) is 12.3 Å². The van der Waals surface area contributed by atoms with Gasteiger partial charge >= 0.3 is 0 Å². The molecule has 3 aliphatic rings. The third-order valence-electron chi connectivity index (χ3n) is 5.65. The van der Waals surface area contributed by atoms with Crippen LogP contribution in [0.2, 0.25) is 0 Å². The summed E-state index contributed by atoms with van der Waals surface area (Å²) >= 11 is 0. The SMILES string of the molecule is Cc1ccc(C)n1Cc1ccc(C2=NC=C3C=CC(=O)NC4=C3N2CC4)cc1. The van der Waals surface area contributed by atoms with Crippen LogP contribution in [0.3, 0.4) is 0 Å². The van der Waals surface area contributed by atoms with Gasteiger partial charge in [0.15, 0.2) is 0 Å². The summed E-state index contributed by atoms with van der Waals surface area (Å²) in [5.41, 5.74) is 7.97. The molecule has 0 atom stereocenters. The van der Waals surface area contributed by atoms with Crippen LogP contribution in [-0.2, 0) is 11.3 Å². The van der Waals surface area contributed by atoms with E-state index in [2.05, 4.69) is 65.0 Å². The highest BCUT2D eigenvalue weighted by Gasteiger charge is 2.32. The highest BCUT2D eigenvalue weighted by molar-refractivity contribution is 6.02. The number of amides is 1. The molecule has 0 fully saturated rings. The number of aromatic nitrogens is 1. The lowest BCUT2D eigenvalue weighted by Crippen LogP contribution is -2.31. The maximum Gasteiger partial charge on any atom is 0.248 e. The standard InChI is InChI=1S/C23H22N4O/c1-15-3-4-16(2)27(15)14-17-5-7-18(8-6-17)23-24-13-19-9-10-21(28)25-20-11-12-26(23)22(19)20/h3-10,13H,11-12,14H2,1-2H3,(H,25,28). The zero-order valence-electron chi connectivity index (χ0n) is 16.1. The first-order valence-electron chi connectivity index (χ1n) is 9.60. The van der Waals surface area contributed by atoms with E-state index < -0.39 is 0 Å². The first kappa shape index (κ1) is 16.8. The monoisotopic (exact) mass is 370 g/mol. The van der Waals surface area contributed by atoms with Gasteiger partial charge in [-0.1, -0.05) is 24.3 Å². The fourth-order valence-electron chi connectivity index (χ4n) is 4.14. The number of rotatable bonds is 3. The van der Waals surface area contributed by atoms with E-state index >= 15 is 0 Å². The number of aliphatic imine (C=N–C) groups is 1. The van der Waals surface area contributed by atoms with Gasteiger partial charge in [0.05, 0.1) is 5.70 Å². The molecule has 5 heteroatoms. The van der Waals surface area contributed by atoms with Crippen LogP contribution >= 0.6 is 0 Å². The molecule has 0 aliphatic carbocycles. The average Bonchev–Trinajstić information content (AvgIpc) is 3.20. The summed E-state index contributed by atoms with van der Waals surface area (Å²) in [5.74, 6) is 0.874. The number of amidine groups is 1. The third-order valence-corrected chi connectivity index (χ3v) is 5.65. The Morgan fingerprint density at radius 2 is 1.79 bits per heavy atom. The van der Waals surface area contributed by atoms with Crippen molar-refractivity contribution in [2.24, 2.45) is 4.99 Å². The van der Waals surface area contributed by atoms with Gasteiger partial charge in [-0.3, -0.25) is 4.79 Å². The molecule has 0 spiro atoms. The van der Waals surface area contributed by atoms with E-state index in [1.165, 1.54) is 17.0 Å². The number of allylic oxidation sites excluding steroid dienone is 1. The van der Waals surface area contributed by atoms with Crippen molar-refractivity contribution in [1.82, 2.24) is 14.8 Å². The van der Waals surface area contributed by atoms with Gasteiger partial charge in [0.1, 0.15) is 5.84 Å².